The van der Waals surface area contributed by atoms with Crippen molar-refractivity contribution in [3.8, 4) is 5.75 Å². The molecule has 108 valence electrons. The summed E-state index contributed by atoms with van der Waals surface area (Å²) in [6.45, 7) is 4.85. The molecule has 0 amide bonds. The van der Waals surface area contributed by atoms with E-state index in [1.807, 2.05) is 51.7 Å². The normalized spacial score (nSPS) is 12.4. The molecule has 1 atom stereocenters. The molecule has 2 N–H and O–H groups in total. The average molecular weight is 291 g/mol. The van der Waals surface area contributed by atoms with Crippen molar-refractivity contribution in [3.05, 3.63) is 39.8 Å². The molecule has 1 heterocycles. The van der Waals surface area contributed by atoms with Gasteiger partial charge in [-0.05, 0) is 27.0 Å². The fourth-order valence-corrected chi connectivity index (χ4v) is 2.91. The van der Waals surface area contributed by atoms with E-state index in [2.05, 4.69) is 15.2 Å². The van der Waals surface area contributed by atoms with E-state index in [-0.39, 0.29) is 6.04 Å². The van der Waals surface area contributed by atoms with Gasteiger partial charge in [-0.25, -0.2) is 4.98 Å². The summed E-state index contributed by atoms with van der Waals surface area (Å²) >= 11 is 1.66. The summed E-state index contributed by atoms with van der Waals surface area (Å²) in [5, 5.41) is 13.3. The van der Waals surface area contributed by atoms with Crippen LogP contribution in [0.15, 0.2) is 23.7 Å². The average Bonchev–Trinajstić information content (AvgIpc) is 2.83. The van der Waals surface area contributed by atoms with E-state index in [1.54, 1.807) is 11.3 Å². The number of aryl methyl sites for hydroxylation is 1. The molecule has 5 heteroatoms. The quantitative estimate of drug-likeness (QED) is 0.889. The number of aromatic hydroxyl groups is 1. The number of nitrogens with zero attached hydrogens (tertiary/aromatic N) is 2. The minimum absolute atomic E-state index is 0.137. The Kier molecular flexibility index (Phi) is 4.62. The van der Waals surface area contributed by atoms with Gasteiger partial charge >= 0.3 is 0 Å². The third-order valence-corrected chi connectivity index (χ3v) is 4.50. The zero-order chi connectivity index (χ0) is 14.7. The first-order valence-electron chi connectivity index (χ1n) is 6.63. The molecule has 0 saturated heterocycles. The molecule has 0 aliphatic carbocycles. The lowest BCUT2D eigenvalue weighted by Gasteiger charge is -2.21. The van der Waals surface area contributed by atoms with Crippen LogP contribution >= 0.6 is 11.3 Å². The van der Waals surface area contributed by atoms with E-state index >= 15 is 0 Å². The maximum absolute atomic E-state index is 10.1. The molecule has 2 aromatic rings. The van der Waals surface area contributed by atoms with Crippen LogP contribution in [0.3, 0.4) is 0 Å². The van der Waals surface area contributed by atoms with Gasteiger partial charge in [0.1, 0.15) is 5.75 Å². The lowest BCUT2D eigenvalue weighted by molar-refractivity contribution is 0.458. The molecule has 0 aliphatic heterocycles. The van der Waals surface area contributed by atoms with Crippen molar-refractivity contribution in [3.63, 3.8) is 0 Å². The molecular formula is C15H21N3OS. The van der Waals surface area contributed by atoms with Gasteiger partial charge in [-0.15, -0.1) is 11.3 Å². The van der Waals surface area contributed by atoms with Gasteiger partial charge in [0.25, 0.3) is 0 Å². The van der Waals surface area contributed by atoms with Crippen molar-refractivity contribution in [2.45, 2.75) is 26.4 Å². The Morgan fingerprint density at radius 3 is 2.75 bits per heavy atom. The molecule has 0 fully saturated rings. The first-order valence-corrected chi connectivity index (χ1v) is 7.51. The van der Waals surface area contributed by atoms with E-state index < -0.39 is 0 Å². The van der Waals surface area contributed by atoms with Crippen LogP contribution in [0.4, 0.5) is 5.69 Å². The molecule has 0 spiro atoms. The molecule has 1 aromatic heterocycles. The second-order valence-electron chi connectivity index (χ2n) is 4.97. The molecule has 0 aliphatic rings. The number of nitrogens with one attached hydrogen (secondary N) is 1. The van der Waals surface area contributed by atoms with E-state index in [0.29, 0.717) is 5.75 Å². The van der Waals surface area contributed by atoms with Crippen molar-refractivity contribution in [1.29, 1.82) is 0 Å². The topological polar surface area (TPSA) is 48.4 Å². The number of aromatic nitrogens is 1. The molecule has 0 saturated carbocycles. The SMILES string of the molecule is CNC(C)c1ccc(N(C)Cc2scnc2C)cc1O. The molecule has 4 nitrogen and oxygen atoms in total. The minimum atomic E-state index is 0.137. The van der Waals surface area contributed by atoms with Crippen LogP contribution in [0.5, 0.6) is 5.75 Å². The van der Waals surface area contributed by atoms with E-state index in [0.717, 1.165) is 23.5 Å². The van der Waals surface area contributed by atoms with Crippen molar-refractivity contribution in [2.75, 3.05) is 19.0 Å². The van der Waals surface area contributed by atoms with E-state index in [9.17, 15) is 5.11 Å². The van der Waals surface area contributed by atoms with Crippen molar-refractivity contribution in [2.24, 2.45) is 0 Å². The maximum atomic E-state index is 10.1. The number of phenols is 1. The lowest BCUT2D eigenvalue weighted by Crippen LogP contribution is -2.17. The van der Waals surface area contributed by atoms with Crippen molar-refractivity contribution < 1.29 is 5.11 Å². The van der Waals surface area contributed by atoms with Gasteiger partial charge in [-0.2, -0.15) is 0 Å². The van der Waals surface area contributed by atoms with Gasteiger partial charge in [-0.3, -0.25) is 0 Å². The Bertz CT molecular complexity index is 582. The summed E-state index contributed by atoms with van der Waals surface area (Å²) in [6, 6.07) is 5.97. The zero-order valence-corrected chi connectivity index (χ0v) is 13.2. The minimum Gasteiger partial charge on any atom is -0.508 e. The van der Waals surface area contributed by atoms with Crippen molar-refractivity contribution in [1.82, 2.24) is 10.3 Å². The second kappa shape index (κ2) is 6.24. The fourth-order valence-electron chi connectivity index (χ4n) is 2.08. The molecule has 2 rings (SSSR count). The molecule has 0 bridgehead atoms. The van der Waals surface area contributed by atoms with Gasteiger partial charge in [0.15, 0.2) is 0 Å². The summed E-state index contributed by atoms with van der Waals surface area (Å²) < 4.78 is 0. The van der Waals surface area contributed by atoms with Crippen LogP contribution in [0.1, 0.15) is 29.1 Å². The molecule has 1 unspecified atom stereocenters. The summed E-state index contributed by atoms with van der Waals surface area (Å²) in [5.41, 5.74) is 4.86. The van der Waals surface area contributed by atoms with Crippen LogP contribution < -0.4 is 10.2 Å². The number of phenolic OH excluding ortho intramolecular Hbond substituents is 1. The predicted octanol–water partition coefficient (Wildman–Crippen LogP) is 3.07. The summed E-state index contributed by atoms with van der Waals surface area (Å²) in [5.74, 6) is 0.331. The van der Waals surface area contributed by atoms with Gasteiger partial charge < -0.3 is 15.3 Å². The fraction of sp³-hybridized carbons (Fsp3) is 0.400. The first kappa shape index (κ1) is 14.8. The molecular weight excluding hydrogens is 270 g/mol. The Morgan fingerprint density at radius 1 is 1.45 bits per heavy atom. The van der Waals surface area contributed by atoms with Gasteiger partial charge in [0.05, 0.1) is 17.7 Å². The first-order chi connectivity index (χ1) is 9.52. The Hall–Kier alpha value is -1.59. The summed E-state index contributed by atoms with van der Waals surface area (Å²) in [6.07, 6.45) is 0. The summed E-state index contributed by atoms with van der Waals surface area (Å²) in [7, 11) is 3.91. The Labute approximate surface area is 124 Å². The van der Waals surface area contributed by atoms with E-state index in [1.165, 1.54) is 4.88 Å². The summed E-state index contributed by atoms with van der Waals surface area (Å²) in [4.78, 5) is 7.63. The number of hydrogen-bond donors (Lipinski definition) is 2. The van der Waals surface area contributed by atoms with E-state index in [4.69, 9.17) is 0 Å². The highest BCUT2D eigenvalue weighted by Gasteiger charge is 2.12. The van der Waals surface area contributed by atoms with Crippen LogP contribution in [0.2, 0.25) is 0 Å². The monoisotopic (exact) mass is 291 g/mol. The highest BCUT2D eigenvalue weighted by molar-refractivity contribution is 7.09. The van der Waals surface area contributed by atoms with Crippen LogP contribution in [0, 0.1) is 6.92 Å². The van der Waals surface area contributed by atoms with Crippen LogP contribution in [-0.2, 0) is 6.54 Å². The number of hydrogen-bond acceptors (Lipinski definition) is 5. The number of benzene rings is 1. The third kappa shape index (κ3) is 3.11. The molecule has 20 heavy (non-hydrogen) atoms. The lowest BCUT2D eigenvalue weighted by atomic mass is 10.1. The van der Waals surface area contributed by atoms with Crippen LogP contribution in [-0.4, -0.2) is 24.2 Å². The highest BCUT2D eigenvalue weighted by Crippen LogP contribution is 2.29. The molecule has 0 radical (unpaired) electrons. The van der Waals surface area contributed by atoms with Gasteiger partial charge in [0, 0.05) is 35.3 Å². The smallest absolute Gasteiger partial charge is 0.122 e. The molecule has 1 aromatic carbocycles. The second-order valence-corrected chi connectivity index (χ2v) is 5.91. The Morgan fingerprint density at radius 2 is 2.20 bits per heavy atom. The third-order valence-electron chi connectivity index (χ3n) is 3.58. The van der Waals surface area contributed by atoms with Crippen molar-refractivity contribution >= 4 is 17.0 Å². The zero-order valence-electron chi connectivity index (χ0n) is 12.3. The van der Waals surface area contributed by atoms with Crippen LogP contribution in [0.25, 0.3) is 0 Å². The number of anilines is 1. The van der Waals surface area contributed by atoms with Gasteiger partial charge in [-0.1, -0.05) is 6.07 Å². The largest absolute Gasteiger partial charge is 0.508 e. The standard InChI is InChI=1S/C15H21N3OS/c1-10(16-3)13-6-5-12(7-14(13)19)18(4)8-15-11(2)17-9-20-15/h5-7,9-10,16,19H,8H2,1-4H3. The Balaban J connectivity index is 2.17. The number of thiazole rings is 1. The highest BCUT2D eigenvalue weighted by atomic mass is 32.1. The number of rotatable bonds is 5. The predicted molar refractivity (Wildman–Crippen MR) is 84.5 cm³/mol. The van der Waals surface area contributed by atoms with Gasteiger partial charge in [0.2, 0.25) is 0 Å². The maximum Gasteiger partial charge on any atom is 0.122 e.